The zero-order valence-electron chi connectivity index (χ0n) is 22.7. The molecular weight excluding hydrogens is 446 g/mol. The molecule has 0 fully saturated rings. The van der Waals surface area contributed by atoms with E-state index in [1.807, 2.05) is 52.0 Å². The second-order valence-corrected chi connectivity index (χ2v) is 10.9. The van der Waals surface area contributed by atoms with Crippen LogP contribution in [0.5, 0.6) is 0 Å². The average Bonchev–Trinajstić information content (AvgIpc) is 2.74. The molecule has 2 unspecified atom stereocenters. The summed E-state index contributed by atoms with van der Waals surface area (Å²) in [7, 11) is 0. The number of nitrogens with one attached hydrogen (secondary N) is 2. The third-order valence-electron chi connectivity index (χ3n) is 5.22. The standard InChI is InChI=1S/C27H45N3O5/c1-9-11-12-17-30(24(33)21(18-31)28-25(34)35-27(6,7)8)22(23(32)29-26(3,4)5)20-15-13-19(10-2)14-16-20/h13-16,21-22,31H,9-12,17-18H2,1-8H3,(H,28,34)(H,29,32). The third kappa shape index (κ3) is 10.7. The quantitative estimate of drug-likeness (QED) is 0.404. The summed E-state index contributed by atoms with van der Waals surface area (Å²) in [5.41, 5.74) is 0.515. The predicted molar refractivity (Wildman–Crippen MR) is 138 cm³/mol. The maximum absolute atomic E-state index is 13.7. The molecule has 0 aliphatic rings. The van der Waals surface area contributed by atoms with Crippen LogP contribution >= 0.6 is 0 Å². The van der Waals surface area contributed by atoms with Crippen molar-refractivity contribution in [3.63, 3.8) is 0 Å². The van der Waals surface area contributed by atoms with Gasteiger partial charge in [0.1, 0.15) is 17.7 Å². The molecule has 3 N–H and O–H groups in total. The number of hydrogen-bond acceptors (Lipinski definition) is 5. The van der Waals surface area contributed by atoms with Crippen molar-refractivity contribution < 1.29 is 24.2 Å². The Balaban J connectivity index is 3.42. The average molecular weight is 492 g/mol. The van der Waals surface area contributed by atoms with E-state index in [4.69, 9.17) is 4.74 Å². The van der Waals surface area contributed by atoms with Crippen LogP contribution in [0.3, 0.4) is 0 Å². The maximum atomic E-state index is 13.7. The van der Waals surface area contributed by atoms with Gasteiger partial charge in [0.05, 0.1) is 6.61 Å². The van der Waals surface area contributed by atoms with Gasteiger partial charge in [-0.3, -0.25) is 9.59 Å². The van der Waals surface area contributed by atoms with E-state index in [-0.39, 0.29) is 5.91 Å². The highest BCUT2D eigenvalue weighted by Crippen LogP contribution is 2.25. The third-order valence-corrected chi connectivity index (χ3v) is 5.22. The molecule has 8 heteroatoms. The van der Waals surface area contributed by atoms with Gasteiger partial charge in [-0.2, -0.15) is 0 Å². The van der Waals surface area contributed by atoms with E-state index in [1.165, 1.54) is 4.90 Å². The number of carbonyl (C=O) groups excluding carboxylic acids is 3. The minimum absolute atomic E-state index is 0.303. The lowest BCUT2D eigenvalue weighted by Gasteiger charge is -2.35. The molecule has 1 aromatic rings. The van der Waals surface area contributed by atoms with Gasteiger partial charge >= 0.3 is 6.09 Å². The molecule has 0 aliphatic heterocycles. The molecule has 3 amide bonds. The van der Waals surface area contributed by atoms with Gasteiger partial charge in [-0.25, -0.2) is 4.79 Å². The van der Waals surface area contributed by atoms with Gasteiger partial charge < -0.3 is 25.4 Å². The van der Waals surface area contributed by atoms with Crippen molar-refractivity contribution in [1.82, 2.24) is 15.5 Å². The molecule has 198 valence electrons. The number of amides is 3. The van der Waals surface area contributed by atoms with E-state index in [0.717, 1.165) is 24.8 Å². The number of carbonyl (C=O) groups is 3. The summed E-state index contributed by atoms with van der Waals surface area (Å²) < 4.78 is 5.27. The number of benzene rings is 1. The fourth-order valence-corrected chi connectivity index (χ4v) is 3.58. The normalized spacial score (nSPS) is 13.5. The summed E-state index contributed by atoms with van der Waals surface area (Å²) in [5, 5.41) is 15.5. The first kappa shape index (κ1) is 30.4. The zero-order valence-corrected chi connectivity index (χ0v) is 22.7. The number of rotatable bonds is 11. The monoisotopic (exact) mass is 491 g/mol. The summed E-state index contributed by atoms with van der Waals surface area (Å²) in [6, 6.07) is 5.46. The van der Waals surface area contributed by atoms with Crippen LogP contribution in [0.15, 0.2) is 24.3 Å². The molecule has 2 atom stereocenters. The van der Waals surface area contributed by atoms with Gasteiger partial charge in [0.2, 0.25) is 11.8 Å². The summed E-state index contributed by atoms with van der Waals surface area (Å²) >= 11 is 0. The van der Waals surface area contributed by atoms with E-state index in [2.05, 4.69) is 17.6 Å². The van der Waals surface area contributed by atoms with Crippen LogP contribution in [-0.4, -0.2) is 58.2 Å². The van der Waals surface area contributed by atoms with Crippen molar-refractivity contribution in [1.29, 1.82) is 0 Å². The Labute approximate surface area is 210 Å². The van der Waals surface area contributed by atoms with Crippen molar-refractivity contribution in [2.75, 3.05) is 13.2 Å². The molecule has 0 radical (unpaired) electrons. The largest absolute Gasteiger partial charge is 0.444 e. The van der Waals surface area contributed by atoms with Crippen molar-refractivity contribution >= 4 is 17.9 Å². The van der Waals surface area contributed by atoms with Crippen LogP contribution in [0, 0.1) is 0 Å². The van der Waals surface area contributed by atoms with Gasteiger partial charge in [0.25, 0.3) is 0 Å². The Kier molecular flexibility index (Phi) is 11.7. The van der Waals surface area contributed by atoms with Crippen molar-refractivity contribution in [2.45, 2.75) is 104 Å². The van der Waals surface area contributed by atoms with Crippen LogP contribution in [0.1, 0.15) is 91.8 Å². The van der Waals surface area contributed by atoms with E-state index < -0.39 is 41.8 Å². The van der Waals surface area contributed by atoms with Crippen molar-refractivity contribution in [3.8, 4) is 0 Å². The highest BCUT2D eigenvalue weighted by Gasteiger charge is 2.36. The molecule has 1 rings (SSSR count). The minimum atomic E-state index is -1.24. The number of ether oxygens (including phenoxy) is 1. The fourth-order valence-electron chi connectivity index (χ4n) is 3.58. The molecule has 0 spiro atoms. The first-order valence-corrected chi connectivity index (χ1v) is 12.5. The second-order valence-electron chi connectivity index (χ2n) is 10.9. The fraction of sp³-hybridized carbons (Fsp3) is 0.667. The highest BCUT2D eigenvalue weighted by atomic mass is 16.6. The van der Waals surface area contributed by atoms with Gasteiger partial charge in [-0.05, 0) is 65.5 Å². The number of aryl methyl sites for hydroxylation is 1. The Morgan fingerprint density at radius 3 is 2.06 bits per heavy atom. The molecule has 0 aliphatic carbocycles. The highest BCUT2D eigenvalue weighted by molar-refractivity contribution is 5.92. The van der Waals surface area contributed by atoms with Crippen LogP contribution in [0.2, 0.25) is 0 Å². The second kappa shape index (κ2) is 13.5. The van der Waals surface area contributed by atoms with Crippen molar-refractivity contribution in [2.24, 2.45) is 0 Å². The van der Waals surface area contributed by atoms with Crippen LogP contribution < -0.4 is 10.6 Å². The lowest BCUT2D eigenvalue weighted by Crippen LogP contribution is -2.55. The molecule has 1 aromatic carbocycles. The molecular formula is C27H45N3O5. The molecule has 0 aromatic heterocycles. The SMILES string of the molecule is CCCCCN(C(=O)C(CO)NC(=O)OC(C)(C)C)C(C(=O)NC(C)(C)C)c1ccc(CC)cc1. The first-order chi connectivity index (χ1) is 16.2. The summed E-state index contributed by atoms with van der Waals surface area (Å²) in [4.78, 5) is 41.0. The van der Waals surface area contributed by atoms with Gasteiger partial charge in [0, 0.05) is 12.1 Å². The molecule has 35 heavy (non-hydrogen) atoms. The minimum Gasteiger partial charge on any atom is -0.444 e. The van der Waals surface area contributed by atoms with Gasteiger partial charge in [0.15, 0.2) is 0 Å². The van der Waals surface area contributed by atoms with E-state index >= 15 is 0 Å². The Morgan fingerprint density at radius 1 is 1.00 bits per heavy atom. The van der Waals surface area contributed by atoms with Crippen LogP contribution in [-0.2, 0) is 20.7 Å². The number of nitrogens with zero attached hydrogens (tertiary/aromatic N) is 1. The first-order valence-electron chi connectivity index (χ1n) is 12.5. The Hall–Kier alpha value is -2.61. The number of aliphatic hydroxyl groups excluding tert-OH is 1. The molecule has 0 heterocycles. The van der Waals surface area contributed by atoms with Gasteiger partial charge in [-0.15, -0.1) is 0 Å². The van der Waals surface area contributed by atoms with Gasteiger partial charge in [-0.1, -0.05) is 51.0 Å². The lowest BCUT2D eigenvalue weighted by molar-refractivity contribution is -0.144. The summed E-state index contributed by atoms with van der Waals surface area (Å²) in [6.07, 6.45) is 2.53. The number of alkyl carbamates (subject to hydrolysis) is 1. The van der Waals surface area contributed by atoms with E-state index in [0.29, 0.717) is 18.5 Å². The molecule has 8 nitrogen and oxygen atoms in total. The summed E-state index contributed by atoms with van der Waals surface area (Å²) in [6.45, 7) is 14.6. The Morgan fingerprint density at radius 2 is 1.60 bits per heavy atom. The topological polar surface area (TPSA) is 108 Å². The number of hydrogen-bond donors (Lipinski definition) is 3. The molecule has 0 saturated carbocycles. The molecule has 0 bridgehead atoms. The zero-order chi connectivity index (χ0) is 26.8. The van der Waals surface area contributed by atoms with E-state index in [9.17, 15) is 19.5 Å². The summed E-state index contributed by atoms with van der Waals surface area (Å²) in [5.74, 6) is -0.858. The van der Waals surface area contributed by atoms with E-state index in [1.54, 1.807) is 20.8 Å². The van der Waals surface area contributed by atoms with Crippen LogP contribution in [0.25, 0.3) is 0 Å². The predicted octanol–water partition coefficient (Wildman–Crippen LogP) is 4.11. The maximum Gasteiger partial charge on any atom is 0.408 e. The van der Waals surface area contributed by atoms with Crippen molar-refractivity contribution in [3.05, 3.63) is 35.4 Å². The Bertz CT molecular complexity index is 825. The molecule has 0 saturated heterocycles. The number of unbranched alkanes of at least 4 members (excludes halogenated alkanes) is 2. The lowest BCUT2D eigenvalue weighted by atomic mass is 9.98. The smallest absolute Gasteiger partial charge is 0.408 e. The number of aliphatic hydroxyl groups is 1. The van der Waals surface area contributed by atoms with Crippen LogP contribution in [0.4, 0.5) is 4.79 Å².